The van der Waals surface area contributed by atoms with Crippen LogP contribution in [0.4, 0.5) is 4.79 Å². The van der Waals surface area contributed by atoms with Crippen molar-refractivity contribution in [3.05, 3.63) is 0 Å². The Morgan fingerprint density at radius 3 is 2.62 bits per heavy atom. The van der Waals surface area contributed by atoms with Crippen molar-refractivity contribution in [3.63, 3.8) is 0 Å². The lowest BCUT2D eigenvalue weighted by molar-refractivity contribution is -0.172. The van der Waals surface area contributed by atoms with E-state index in [2.05, 4.69) is 29.2 Å². The second-order valence-corrected chi connectivity index (χ2v) is 8.78. The highest BCUT2D eigenvalue weighted by Gasteiger charge is 2.67. The largest absolute Gasteiger partial charge is 0.377 e. The van der Waals surface area contributed by atoms with Crippen molar-refractivity contribution in [2.24, 2.45) is 17.3 Å². The van der Waals surface area contributed by atoms with Gasteiger partial charge in [-0.05, 0) is 65.1 Å². The molecule has 2 aliphatic heterocycles. The van der Waals surface area contributed by atoms with Crippen LogP contribution in [0.2, 0.25) is 0 Å². The molecule has 0 aromatic carbocycles. The van der Waals surface area contributed by atoms with Crippen molar-refractivity contribution in [1.82, 2.24) is 15.1 Å². The zero-order valence-corrected chi connectivity index (χ0v) is 15.3. The summed E-state index contributed by atoms with van der Waals surface area (Å²) < 4.78 is 5.96. The minimum absolute atomic E-state index is 0.183. The average Bonchev–Trinajstić information content (AvgIpc) is 2.94. The van der Waals surface area contributed by atoms with Crippen LogP contribution in [-0.4, -0.2) is 68.3 Å². The molecule has 0 aromatic heterocycles. The summed E-state index contributed by atoms with van der Waals surface area (Å²) >= 11 is 0. The Hall–Kier alpha value is -0.810. The van der Waals surface area contributed by atoms with E-state index in [0.29, 0.717) is 23.5 Å². The van der Waals surface area contributed by atoms with Crippen LogP contribution in [0, 0.1) is 17.3 Å². The van der Waals surface area contributed by atoms with Crippen LogP contribution in [0.3, 0.4) is 0 Å². The van der Waals surface area contributed by atoms with Crippen LogP contribution in [0.5, 0.6) is 0 Å². The van der Waals surface area contributed by atoms with Gasteiger partial charge in [-0.15, -0.1) is 0 Å². The molecule has 1 N–H and O–H groups in total. The van der Waals surface area contributed by atoms with Gasteiger partial charge in [0.05, 0.1) is 6.10 Å². The van der Waals surface area contributed by atoms with Gasteiger partial charge in [0.15, 0.2) is 0 Å². The number of amides is 2. The van der Waals surface area contributed by atoms with Crippen molar-refractivity contribution in [2.75, 3.05) is 40.3 Å². The van der Waals surface area contributed by atoms with Crippen molar-refractivity contribution >= 4 is 6.03 Å². The van der Waals surface area contributed by atoms with Crippen LogP contribution in [0.15, 0.2) is 0 Å². The molecule has 4 aliphatic rings. The molecular weight excluding hydrogens is 302 g/mol. The molecule has 5 nitrogen and oxygen atoms in total. The highest BCUT2D eigenvalue weighted by molar-refractivity contribution is 5.75. The molecule has 0 aromatic rings. The van der Waals surface area contributed by atoms with Crippen molar-refractivity contribution in [2.45, 2.75) is 57.1 Å². The number of hydrogen-bond donors (Lipinski definition) is 1. The standard InChI is InChI=1S/C19H33N3O2/c1-21(2)10-4-14-5-11-22(12-6-14)18(23)20-16-15-7-13-24-17(15)19(16)8-3-9-19/h14-17H,3-13H2,1-2H3,(H,20,23)/t15-,16+,17+/m0/s1. The Balaban J connectivity index is 1.27. The number of likely N-dealkylation sites (tertiary alicyclic amines) is 1. The van der Waals surface area contributed by atoms with E-state index in [1.54, 1.807) is 0 Å². The highest BCUT2D eigenvalue weighted by Crippen LogP contribution is 2.62. The predicted octanol–water partition coefficient (Wildman–Crippen LogP) is 2.32. The Morgan fingerprint density at radius 1 is 1.25 bits per heavy atom. The molecule has 2 heterocycles. The molecule has 4 rings (SSSR count). The number of hydrogen-bond acceptors (Lipinski definition) is 3. The van der Waals surface area contributed by atoms with Gasteiger partial charge in [0, 0.05) is 37.1 Å². The topological polar surface area (TPSA) is 44.8 Å². The molecular formula is C19H33N3O2. The van der Waals surface area contributed by atoms with Gasteiger partial charge < -0.3 is 19.9 Å². The minimum Gasteiger partial charge on any atom is -0.377 e. The van der Waals surface area contributed by atoms with E-state index >= 15 is 0 Å². The molecule has 24 heavy (non-hydrogen) atoms. The molecule has 1 spiro atoms. The summed E-state index contributed by atoms with van der Waals surface area (Å²) in [5.74, 6) is 1.36. The third-order valence-electron chi connectivity index (χ3n) is 7.20. The molecule has 5 heteroatoms. The molecule has 2 saturated heterocycles. The molecule has 2 aliphatic carbocycles. The fourth-order valence-corrected chi connectivity index (χ4v) is 5.55. The number of rotatable bonds is 4. The van der Waals surface area contributed by atoms with Crippen LogP contribution in [0.25, 0.3) is 0 Å². The van der Waals surface area contributed by atoms with E-state index in [-0.39, 0.29) is 6.03 Å². The fraction of sp³-hybridized carbons (Fsp3) is 0.947. The number of nitrogens with one attached hydrogen (secondary N) is 1. The number of urea groups is 1. The molecule has 2 amide bonds. The van der Waals surface area contributed by atoms with Crippen LogP contribution >= 0.6 is 0 Å². The first-order valence-corrected chi connectivity index (χ1v) is 9.92. The number of carbonyl (C=O) groups is 1. The third-order valence-corrected chi connectivity index (χ3v) is 7.20. The maximum atomic E-state index is 12.8. The zero-order valence-electron chi connectivity index (χ0n) is 15.3. The molecule has 136 valence electrons. The van der Waals surface area contributed by atoms with Gasteiger partial charge in [-0.3, -0.25) is 0 Å². The smallest absolute Gasteiger partial charge is 0.317 e. The van der Waals surface area contributed by atoms with E-state index in [1.807, 2.05) is 0 Å². The van der Waals surface area contributed by atoms with Crippen LogP contribution in [-0.2, 0) is 4.74 Å². The van der Waals surface area contributed by atoms with E-state index in [1.165, 1.54) is 25.7 Å². The fourth-order valence-electron chi connectivity index (χ4n) is 5.55. The normalized spacial score (nSPS) is 34.8. The van der Waals surface area contributed by atoms with Crippen LogP contribution < -0.4 is 5.32 Å². The summed E-state index contributed by atoms with van der Waals surface area (Å²) in [6.07, 6.45) is 8.93. The summed E-state index contributed by atoms with van der Waals surface area (Å²) in [6, 6.07) is 0.556. The number of piperidine rings is 1. The van der Waals surface area contributed by atoms with E-state index < -0.39 is 0 Å². The second kappa shape index (κ2) is 6.49. The molecule has 0 unspecified atom stereocenters. The Bertz CT molecular complexity index is 469. The quantitative estimate of drug-likeness (QED) is 0.857. The zero-order chi connectivity index (χ0) is 16.7. The molecule has 3 atom stereocenters. The Kier molecular flexibility index (Phi) is 4.50. The van der Waals surface area contributed by atoms with Crippen molar-refractivity contribution < 1.29 is 9.53 Å². The van der Waals surface area contributed by atoms with Gasteiger partial charge in [0.25, 0.3) is 0 Å². The van der Waals surface area contributed by atoms with E-state index in [0.717, 1.165) is 51.4 Å². The predicted molar refractivity (Wildman–Crippen MR) is 93.9 cm³/mol. The van der Waals surface area contributed by atoms with Gasteiger partial charge >= 0.3 is 6.03 Å². The first kappa shape index (κ1) is 16.6. The maximum Gasteiger partial charge on any atom is 0.317 e. The monoisotopic (exact) mass is 335 g/mol. The average molecular weight is 335 g/mol. The summed E-state index contributed by atoms with van der Waals surface area (Å²) in [5, 5.41) is 3.41. The maximum absolute atomic E-state index is 12.8. The first-order chi connectivity index (χ1) is 11.6. The number of nitrogens with zero attached hydrogens (tertiary/aromatic N) is 2. The molecule has 4 fully saturated rings. The lowest BCUT2D eigenvalue weighted by Gasteiger charge is -2.63. The summed E-state index contributed by atoms with van der Waals surface area (Å²) in [5.41, 5.74) is 0.293. The summed E-state index contributed by atoms with van der Waals surface area (Å²) in [4.78, 5) is 17.1. The molecule has 2 saturated carbocycles. The highest BCUT2D eigenvalue weighted by atomic mass is 16.5. The number of ether oxygens (including phenoxy) is 1. The van der Waals surface area contributed by atoms with E-state index in [4.69, 9.17) is 4.74 Å². The summed E-state index contributed by atoms with van der Waals surface area (Å²) in [6.45, 7) is 3.90. The SMILES string of the molecule is CN(C)CCC1CCN(C(=O)N[C@@H]2[C@@H]3CCO[C@H]3C23CCC3)CC1. The van der Waals surface area contributed by atoms with Gasteiger partial charge in [-0.1, -0.05) is 6.42 Å². The number of fused-ring (bicyclic) bond motifs is 2. The van der Waals surface area contributed by atoms with E-state index in [9.17, 15) is 4.79 Å². The van der Waals surface area contributed by atoms with Crippen LogP contribution in [0.1, 0.15) is 44.9 Å². The third kappa shape index (κ3) is 2.74. The molecule has 0 bridgehead atoms. The Morgan fingerprint density at radius 2 is 2.00 bits per heavy atom. The molecule has 0 radical (unpaired) electrons. The second-order valence-electron chi connectivity index (χ2n) is 8.78. The van der Waals surface area contributed by atoms with Gasteiger partial charge in [0.2, 0.25) is 0 Å². The summed E-state index contributed by atoms with van der Waals surface area (Å²) in [7, 11) is 4.27. The van der Waals surface area contributed by atoms with Crippen molar-refractivity contribution in [3.8, 4) is 0 Å². The Labute approximate surface area is 146 Å². The van der Waals surface area contributed by atoms with Crippen molar-refractivity contribution in [1.29, 1.82) is 0 Å². The first-order valence-electron chi connectivity index (χ1n) is 9.92. The lowest BCUT2D eigenvalue weighted by atomic mass is 9.46. The number of carbonyl (C=O) groups excluding carboxylic acids is 1. The minimum atomic E-state index is 0.183. The van der Waals surface area contributed by atoms with Gasteiger partial charge in [0.1, 0.15) is 0 Å². The lowest BCUT2D eigenvalue weighted by Crippen LogP contribution is -2.72. The van der Waals surface area contributed by atoms with Gasteiger partial charge in [-0.2, -0.15) is 0 Å². The van der Waals surface area contributed by atoms with Gasteiger partial charge in [-0.25, -0.2) is 4.79 Å².